The summed E-state index contributed by atoms with van der Waals surface area (Å²) >= 11 is 0. The average molecular weight is 462 g/mol. The molecule has 2 heterocycles. The maximum atomic E-state index is 10.5. The third kappa shape index (κ3) is 3.46. The smallest absolute Gasteiger partial charge is 0.313 e. The molecule has 35 heavy (non-hydrogen) atoms. The largest absolute Gasteiger partial charge is 0.457 e. The molecule has 0 atom stereocenters. The second-order valence-electron chi connectivity index (χ2n) is 10.2. The molecule has 6 rings (SSSR count). The van der Waals surface area contributed by atoms with E-state index in [1.165, 1.54) is 0 Å². The molecule has 174 valence electrons. The molecule has 4 aromatic carbocycles. The minimum atomic E-state index is -0.978. The number of hydrogen-bond acceptors (Lipinski definition) is 4. The van der Waals surface area contributed by atoms with Gasteiger partial charge in [0.15, 0.2) is 0 Å². The highest BCUT2D eigenvalue weighted by Gasteiger charge is 2.36. The molecule has 0 amide bonds. The monoisotopic (exact) mass is 462 g/mol. The molecule has 0 bridgehead atoms. The molecule has 0 aliphatic heterocycles. The SMILES string of the molecule is CC(C)(O)C(C)(C)OBc1cccc2c1oc1cccc(-c3cccc4oc5ccccc5c34)c12. The third-order valence-electron chi connectivity index (χ3n) is 7.36. The molecule has 1 N–H and O–H groups in total. The van der Waals surface area contributed by atoms with Gasteiger partial charge < -0.3 is 18.6 Å². The number of para-hydroxylation sites is 2. The molecular formula is C30H27BO4. The van der Waals surface area contributed by atoms with Crippen LogP contribution >= 0.6 is 0 Å². The Morgan fingerprint density at radius 2 is 1.23 bits per heavy atom. The van der Waals surface area contributed by atoms with Gasteiger partial charge in [-0.3, -0.25) is 0 Å². The van der Waals surface area contributed by atoms with Crippen LogP contribution in [0, 0.1) is 0 Å². The van der Waals surface area contributed by atoms with E-state index in [4.69, 9.17) is 13.5 Å². The van der Waals surface area contributed by atoms with Crippen LogP contribution in [0.2, 0.25) is 0 Å². The Balaban J connectivity index is 1.55. The topological polar surface area (TPSA) is 55.7 Å². The van der Waals surface area contributed by atoms with Crippen LogP contribution in [-0.4, -0.2) is 23.8 Å². The molecule has 0 unspecified atom stereocenters. The van der Waals surface area contributed by atoms with Crippen LogP contribution in [0.4, 0.5) is 0 Å². The summed E-state index contributed by atoms with van der Waals surface area (Å²) in [6.07, 6.45) is 0. The van der Waals surface area contributed by atoms with Gasteiger partial charge in [0.2, 0.25) is 0 Å². The molecule has 0 saturated heterocycles. The molecule has 2 aromatic heterocycles. The Hall–Kier alpha value is -3.54. The van der Waals surface area contributed by atoms with Gasteiger partial charge in [-0.1, -0.05) is 60.7 Å². The van der Waals surface area contributed by atoms with Crippen molar-refractivity contribution in [1.82, 2.24) is 0 Å². The van der Waals surface area contributed by atoms with Crippen LogP contribution in [0.5, 0.6) is 0 Å². The van der Waals surface area contributed by atoms with E-state index in [-0.39, 0.29) is 0 Å². The number of hydrogen-bond donors (Lipinski definition) is 1. The van der Waals surface area contributed by atoms with E-state index in [9.17, 15) is 5.11 Å². The fourth-order valence-corrected chi connectivity index (χ4v) is 4.68. The second-order valence-corrected chi connectivity index (χ2v) is 10.2. The normalized spacial score (nSPS) is 12.8. The highest BCUT2D eigenvalue weighted by atomic mass is 16.5. The van der Waals surface area contributed by atoms with Crippen LogP contribution in [0.25, 0.3) is 55.0 Å². The van der Waals surface area contributed by atoms with Crippen molar-refractivity contribution in [2.45, 2.75) is 38.9 Å². The van der Waals surface area contributed by atoms with Crippen molar-refractivity contribution in [1.29, 1.82) is 0 Å². The minimum absolute atomic E-state index is 0.339. The van der Waals surface area contributed by atoms with Gasteiger partial charge in [-0.15, -0.1) is 0 Å². The first-order valence-corrected chi connectivity index (χ1v) is 11.9. The van der Waals surface area contributed by atoms with Crippen LogP contribution in [0.1, 0.15) is 27.7 Å². The summed E-state index contributed by atoms with van der Waals surface area (Å²) in [7, 11) is 0.339. The van der Waals surface area contributed by atoms with Crippen LogP contribution in [-0.2, 0) is 4.65 Å². The quantitative estimate of drug-likeness (QED) is 0.290. The summed E-state index contributed by atoms with van der Waals surface area (Å²) in [5, 5.41) is 14.8. The van der Waals surface area contributed by atoms with Crippen LogP contribution < -0.4 is 5.46 Å². The van der Waals surface area contributed by atoms with Crippen molar-refractivity contribution < 1.29 is 18.6 Å². The van der Waals surface area contributed by atoms with Crippen molar-refractivity contribution >= 4 is 56.8 Å². The number of rotatable bonds is 5. The highest BCUT2D eigenvalue weighted by Crippen LogP contribution is 2.41. The molecule has 5 heteroatoms. The van der Waals surface area contributed by atoms with E-state index in [0.717, 1.165) is 60.5 Å². The number of furan rings is 2. The molecule has 0 fully saturated rings. The van der Waals surface area contributed by atoms with Crippen molar-refractivity contribution in [2.75, 3.05) is 0 Å². The molecule has 0 aliphatic rings. The standard InChI is InChI=1S/C30H27BO4/c1-29(2,32)30(3,4)35-31-22-14-7-13-21-27-19(12-9-17-25(27)34-28(21)22)18-11-8-16-24-26(18)20-10-5-6-15-23(20)33-24/h5-17,31-32H,1-4H3. The minimum Gasteiger partial charge on any atom is -0.457 e. The number of aliphatic hydroxyl groups is 1. The van der Waals surface area contributed by atoms with Crippen LogP contribution in [0.15, 0.2) is 87.7 Å². The fraction of sp³-hybridized carbons (Fsp3) is 0.200. The predicted octanol–water partition coefficient (Wildman–Crippen LogP) is 6.70. The van der Waals surface area contributed by atoms with Crippen LogP contribution in [0.3, 0.4) is 0 Å². The molecule has 4 nitrogen and oxygen atoms in total. The van der Waals surface area contributed by atoms with Crippen molar-refractivity contribution in [3.05, 3.63) is 78.9 Å². The summed E-state index contributed by atoms with van der Waals surface area (Å²) < 4.78 is 18.7. The number of fused-ring (bicyclic) bond motifs is 6. The predicted molar refractivity (Wildman–Crippen MR) is 145 cm³/mol. The summed E-state index contributed by atoms with van der Waals surface area (Å²) in [6.45, 7) is 7.34. The van der Waals surface area contributed by atoms with Gasteiger partial charge in [0, 0.05) is 21.5 Å². The zero-order valence-electron chi connectivity index (χ0n) is 20.4. The van der Waals surface area contributed by atoms with Gasteiger partial charge >= 0.3 is 7.48 Å². The van der Waals surface area contributed by atoms with Gasteiger partial charge in [-0.05, 0) is 62.5 Å². The lowest BCUT2D eigenvalue weighted by molar-refractivity contribution is -0.0893. The van der Waals surface area contributed by atoms with E-state index in [1.54, 1.807) is 13.8 Å². The molecule has 0 radical (unpaired) electrons. The van der Waals surface area contributed by atoms with Crippen molar-refractivity contribution in [2.24, 2.45) is 0 Å². The Bertz CT molecular complexity index is 1720. The van der Waals surface area contributed by atoms with E-state index in [1.807, 2.05) is 68.4 Å². The van der Waals surface area contributed by atoms with Gasteiger partial charge in [-0.2, -0.15) is 0 Å². The van der Waals surface area contributed by atoms with E-state index >= 15 is 0 Å². The zero-order valence-corrected chi connectivity index (χ0v) is 20.4. The van der Waals surface area contributed by atoms with Gasteiger partial charge in [0.1, 0.15) is 22.3 Å². The maximum absolute atomic E-state index is 10.5. The highest BCUT2D eigenvalue weighted by molar-refractivity contribution is 6.51. The molecule has 6 aromatic rings. The lowest BCUT2D eigenvalue weighted by Crippen LogP contribution is -2.49. The zero-order chi connectivity index (χ0) is 24.4. The molecule has 0 spiro atoms. The third-order valence-corrected chi connectivity index (χ3v) is 7.36. The molecular weight excluding hydrogens is 435 g/mol. The number of benzene rings is 4. The van der Waals surface area contributed by atoms with Gasteiger partial charge in [0.05, 0.1) is 11.2 Å². The van der Waals surface area contributed by atoms with Gasteiger partial charge in [0.25, 0.3) is 0 Å². The van der Waals surface area contributed by atoms with E-state index < -0.39 is 11.2 Å². The van der Waals surface area contributed by atoms with E-state index in [2.05, 4.69) is 24.3 Å². The summed E-state index contributed by atoms with van der Waals surface area (Å²) in [4.78, 5) is 0. The second kappa shape index (κ2) is 7.74. The van der Waals surface area contributed by atoms with Gasteiger partial charge in [-0.25, -0.2) is 0 Å². The van der Waals surface area contributed by atoms with E-state index in [0.29, 0.717) is 7.48 Å². The van der Waals surface area contributed by atoms with Crippen molar-refractivity contribution in [3.63, 3.8) is 0 Å². The Labute approximate surface area is 204 Å². The average Bonchev–Trinajstić information content (AvgIpc) is 3.40. The first-order valence-electron chi connectivity index (χ1n) is 11.9. The lowest BCUT2D eigenvalue weighted by Gasteiger charge is -2.37. The first-order chi connectivity index (χ1) is 16.7. The summed E-state index contributed by atoms with van der Waals surface area (Å²) in [5.41, 5.74) is 4.87. The Morgan fingerprint density at radius 3 is 1.94 bits per heavy atom. The summed E-state index contributed by atoms with van der Waals surface area (Å²) in [6, 6.07) is 26.7. The Kier molecular flexibility index (Phi) is 4.86. The Morgan fingerprint density at radius 1 is 0.657 bits per heavy atom. The maximum Gasteiger partial charge on any atom is 0.313 e. The first kappa shape index (κ1) is 22.0. The summed E-state index contributed by atoms with van der Waals surface area (Å²) in [5.74, 6) is 0. The molecule has 0 aliphatic carbocycles. The van der Waals surface area contributed by atoms with Crippen molar-refractivity contribution in [3.8, 4) is 11.1 Å². The fourth-order valence-electron chi connectivity index (χ4n) is 4.68. The molecule has 0 saturated carbocycles. The lowest BCUT2D eigenvalue weighted by atomic mass is 9.82.